The Bertz CT molecular complexity index is 778. The molecule has 23 heavy (non-hydrogen) atoms. The summed E-state index contributed by atoms with van der Waals surface area (Å²) in [6.45, 7) is 1.63. The first-order valence-electron chi connectivity index (χ1n) is 7.77. The molecule has 0 unspecified atom stereocenters. The van der Waals surface area contributed by atoms with Crippen LogP contribution in [-0.4, -0.2) is 43.9 Å². The van der Waals surface area contributed by atoms with E-state index in [4.69, 9.17) is 4.42 Å². The quantitative estimate of drug-likeness (QED) is 0.737. The zero-order valence-electron chi connectivity index (χ0n) is 12.6. The van der Waals surface area contributed by atoms with Gasteiger partial charge in [-0.15, -0.1) is 5.10 Å². The van der Waals surface area contributed by atoms with Crippen molar-refractivity contribution in [3.63, 3.8) is 0 Å². The second kappa shape index (κ2) is 5.83. The Morgan fingerprint density at radius 2 is 2.26 bits per heavy atom. The highest BCUT2D eigenvalue weighted by atomic mass is 16.3. The van der Waals surface area contributed by atoms with E-state index in [-0.39, 0.29) is 18.4 Å². The molecule has 0 radical (unpaired) electrons. The van der Waals surface area contributed by atoms with Crippen LogP contribution in [0.25, 0.3) is 11.1 Å². The van der Waals surface area contributed by atoms with E-state index in [0.717, 1.165) is 36.4 Å². The fourth-order valence-corrected chi connectivity index (χ4v) is 3.03. The number of carbonyl (C=O) groups is 1. The number of aromatic nitrogens is 4. The summed E-state index contributed by atoms with van der Waals surface area (Å²) in [6.07, 6.45) is 5.21. The number of para-hydroxylation sites is 2. The van der Waals surface area contributed by atoms with Gasteiger partial charge in [0.05, 0.1) is 12.1 Å². The molecule has 3 aromatic rings. The summed E-state index contributed by atoms with van der Waals surface area (Å²) >= 11 is 0. The normalized spacial score (nSPS) is 18.4. The fraction of sp³-hybridized carbons (Fsp3) is 0.375. The van der Waals surface area contributed by atoms with E-state index in [1.807, 2.05) is 29.2 Å². The van der Waals surface area contributed by atoms with Gasteiger partial charge in [0.25, 0.3) is 0 Å². The van der Waals surface area contributed by atoms with Crippen molar-refractivity contribution in [3.05, 3.63) is 42.5 Å². The van der Waals surface area contributed by atoms with Crippen LogP contribution in [-0.2, 0) is 11.3 Å². The average Bonchev–Trinajstić information content (AvgIpc) is 3.24. The summed E-state index contributed by atoms with van der Waals surface area (Å²) in [6, 6.07) is 7.75. The van der Waals surface area contributed by atoms with Crippen molar-refractivity contribution >= 4 is 17.0 Å². The second-order valence-electron chi connectivity index (χ2n) is 5.80. The van der Waals surface area contributed by atoms with E-state index < -0.39 is 0 Å². The van der Waals surface area contributed by atoms with E-state index in [1.165, 1.54) is 0 Å². The molecule has 0 spiro atoms. The number of amides is 1. The first-order valence-corrected chi connectivity index (χ1v) is 7.77. The van der Waals surface area contributed by atoms with Gasteiger partial charge in [-0.05, 0) is 25.0 Å². The number of rotatable bonds is 3. The molecule has 3 heterocycles. The molecule has 1 aromatic carbocycles. The summed E-state index contributed by atoms with van der Waals surface area (Å²) in [7, 11) is 0. The summed E-state index contributed by atoms with van der Waals surface area (Å²) in [4.78, 5) is 18.8. The van der Waals surface area contributed by atoms with Crippen molar-refractivity contribution in [2.75, 3.05) is 13.1 Å². The Kier molecular flexibility index (Phi) is 3.53. The molecule has 118 valence electrons. The van der Waals surface area contributed by atoms with Crippen LogP contribution in [0.5, 0.6) is 0 Å². The lowest BCUT2D eigenvalue weighted by atomic mass is 9.98. The van der Waals surface area contributed by atoms with Gasteiger partial charge < -0.3 is 9.32 Å². The maximum atomic E-state index is 12.4. The van der Waals surface area contributed by atoms with Gasteiger partial charge in [0.1, 0.15) is 12.1 Å². The number of piperidine rings is 1. The lowest BCUT2D eigenvalue weighted by molar-refractivity contribution is -0.133. The van der Waals surface area contributed by atoms with Crippen LogP contribution < -0.4 is 0 Å². The third-order valence-corrected chi connectivity index (χ3v) is 4.20. The van der Waals surface area contributed by atoms with Gasteiger partial charge in [0.2, 0.25) is 5.91 Å². The highest BCUT2D eigenvalue weighted by molar-refractivity contribution is 5.76. The molecule has 1 amide bonds. The van der Waals surface area contributed by atoms with Gasteiger partial charge >= 0.3 is 0 Å². The van der Waals surface area contributed by atoms with Gasteiger partial charge in [0, 0.05) is 19.3 Å². The average molecular weight is 311 g/mol. The van der Waals surface area contributed by atoms with Crippen LogP contribution in [0.1, 0.15) is 24.7 Å². The number of hydrogen-bond acceptors (Lipinski definition) is 5. The predicted octanol–water partition coefficient (Wildman–Crippen LogP) is 1.83. The van der Waals surface area contributed by atoms with Crippen molar-refractivity contribution in [2.24, 2.45) is 0 Å². The summed E-state index contributed by atoms with van der Waals surface area (Å²) < 4.78 is 7.41. The molecule has 0 bridgehead atoms. The minimum absolute atomic E-state index is 0.0521. The lowest BCUT2D eigenvalue weighted by Gasteiger charge is -2.31. The first kappa shape index (κ1) is 13.9. The number of fused-ring (bicyclic) bond motifs is 1. The van der Waals surface area contributed by atoms with Crippen molar-refractivity contribution in [2.45, 2.75) is 25.3 Å². The third kappa shape index (κ3) is 2.81. The maximum Gasteiger partial charge on any atom is 0.244 e. The zero-order chi connectivity index (χ0) is 15.6. The van der Waals surface area contributed by atoms with Crippen molar-refractivity contribution < 1.29 is 9.21 Å². The zero-order valence-corrected chi connectivity index (χ0v) is 12.6. The topological polar surface area (TPSA) is 77.1 Å². The first-order chi connectivity index (χ1) is 11.3. The highest BCUT2D eigenvalue weighted by Gasteiger charge is 2.28. The Morgan fingerprint density at radius 1 is 1.35 bits per heavy atom. The molecule has 1 saturated heterocycles. The highest BCUT2D eigenvalue weighted by Crippen LogP contribution is 2.29. The number of nitrogens with zero attached hydrogens (tertiary/aromatic N) is 5. The Morgan fingerprint density at radius 3 is 3.09 bits per heavy atom. The molecular formula is C16H17N5O2. The number of hydrogen-bond donors (Lipinski definition) is 0. The van der Waals surface area contributed by atoms with Crippen molar-refractivity contribution in [1.29, 1.82) is 0 Å². The molecular weight excluding hydrogens is 294 g/mol. The van der Waals surface area contributed by atoms with Crippen molar-refractivity contribution in [3.8, 4) is 0 Å². The van der Waals surface area contributed by atoms with Crippen LogP contribution in [0.2, 0.25) is 0 Å². The maximum absolute atomic E-state index is 12.4. The molecule has 4 rings (SSSR count). The Hall–Kier alpha value is -2.70. The van der Waals surface area contributed by atoms with Gasteiger partial charge in [-0.1, -0.05) is 17.3 Å². The van der Waals surface area contributed by atoms with Crippen LogP contribution in [0.4, 0.5) is 0 Å². The summed E-state index contributed by atoms with van der Waals surface area (Å²) in [5.41, 5.74) is 1.67. The molecule has 7 heteroatoms. The van der Waals surface area contributed by atoms with Crippen LogP contribution in [0.15, 0.2) is 41.1 Å². The standard InChI is InChI=1S/C16H17N5O2/c22-15(11-21-9-7-17-19-21)20-8-3-4-12(10-20)16-18-13-5-1-2-6-14(13)23-16/h1-2,5-7,9,12H,3-4,8,10-11H2/t12-/m0/s1. The van der Waals surface area contributed by atoms with Gasteiger partial charge in [-0.2, -0.15) is 0 Å². The molecule has 1 atom stereocenters. The minimum Gasteiger partial charge on any atom is -0.440 e. The number of carbonyl (C=O) groups excluding carboxylic acids is 1. The van der Waals surface area contributed by atoms with Crippen LogP contribution >= 0.6 is 0 Å². The smallest absolute Gasteiger partial charge is 0.244 e. The van der Waals surface area contributed by atoms with E-state index in [0.29, 0.717) is 6.54 Å². The number of benzene rings is 1. The van der Waals surface area contributed by atoms with Crippen LogP contribution in [0.3, 0.4) is 0 Å². The predicted molar refractivity (Wildman–Crippen MR) is 82.6 cm³/mol. The lowest BCUT2D eigenvalue weighted by Crippen LogP contribution is -2.41. The van der Waals surface area contributed by atoms with Crippen molar-refractivity contribution in [1.82, 2.24) is 24.9 Å². The van der Waals surface area contributed by atoms with Gasteiger partial charge in [0.15, 0.2) is 11.5 Å². The molecule has 1 aliphatic rings. The van der Waals surface area contributed by atoms with E-state index in [2.05, 4.69) is 15.3 Å². The second-order valence-corrected chi connectivity index (χ2v) is 5.80. The third-order valence-electron chi connectivity index (χ3n) is 4.20. The number of oxazole rings is 1. The molecule has 1 fully saturated rings. The van der Waals surface area contributed by atoms with Crippen LogP contribution in [0, 0.1) is 0 Å². The van der Waals surface area contributed by atoms with E-state index in [1.54, 1.807) is 17.1 Å². The SMILES string of the molecule is O=C(Cn1ccnn1)N1CCC[C@H](c2nc3ccccc3o2)C1. The largest absolute Gasteiger partial charge is 0.440 e. The Labute approximate surface area is 132 Å². The fourth-order valence-electron chi connectivity index (χ4n) is 3.03. The monoisotopic (exact) mass is 311 g/mol. The summed E-state index contributed by atoms with van der Waals surface area (Å²) in [5.74, 6) is 0.927. The number of likely N-dealkylation sites (tertiary alicyclic amines) is 1. The molecule has 2 aromatic heterocycles. The molecule has 0 N–H and O–H groups in total. The molecule has 7 nitrogen and oxygen atoms in total. The van der Waals surface area contributed by atoms with Gasteiger partial charge in [-0.3, -0.25) is 4.79 Å². The molecule has 0 saturated carbocycles. The molecule has 0 aliphatic carbocycles. The summed E-state index contributed by atoms with van der Waals surface area (Å²) in [5, 5.41) is 7.57. The van der Waals surface area contributed by atoms with Gasteiger partial charge in [-0.25, -0.2) is 9.67 Å². The van der Waals surface area contributed by atoms with E-state index >= 15 is 0 Å². The molecule has 1 aliphatic heterocycles. The minimum atomic E-state index is 0.0521. The Balaban J connectivity index is 1.49. The van der Waals surface area contributed by atoms with E-state index in [9.17, 15) is 4.79 Å².